The Morgan fingerprint density at radius 2 is 2.11 bits per heavy atom. The minimum atomic E-state index is 0.00583. The van der Waals surface area contributed by atoms with Crippen LogP contribution in [-0.4, -0.2) is 14.3 Å². The number of rotatable bonds is 4. The van der Waals surface area contributed by atoms with Gasteiger partial charge >= 0.3 is 0 Å². The zero-order valence-electron chi connectivity index (χ0n) is 10.6. The molecule has 0 aliphatic heterocycles. The molecule has 2 aromatic heterocycles. The Labute approximate surface area is 114 Å². The van der Waals surface area contributed by atoms with Crippen LogP contribution in [0.15, 0.2) is 33.7 Å². The summed E-state index contributed by atoms with van der Waals surface area (Å²) >= 11 is 3.59. The molecule has 2 aromatic rings. The lowest BCUT2D eigenvalue weighted by atomic mass is 10.3. The summed E-state index contributed by atoms with van der Waals surface area (Å²) in [7, 11) is 0. The molecule has 0 spiro atoms. The second kappa shape index (κ2) is 5.52. The predicted octanol–water partition coefficient (Wildman–Crippen LogP) is 2.44. The number of nitrogens with zero attached hydrogens (tertiary/aromatic N) is 3. The summed E-state index contributed by atoms with van der Waals surface area (Å²) in [5, 5.41) is 4.53. The van der Waals surface area contributed by atoms with Gasteiger partial charge in [-0.05, 0) is 35.3 Å². The fourth-order valence-corrected chi connectivity index (χ4v) is 2.61. The normalized spacial score (nSPS) is 10.8. The number of halogens is 1. The van der Waals surface area contributed by atoms with E-state index in [2.05, 4.69) is 34.9 Å². The van der Waals surface area contributed by atoms with Gasteiger partial charge in [0.25, 0.3) is 5.56 Å². The first kappa shape index (κ1) is 13.1. The Balaban J connectivity index is 2.43. The van der Waals surface area contributed by atoms with E-state index in [9.17, 15) is 4.79 Å². The molecule has 0 saturated carbocycles. The van der Waals surface area contributed by atoms with Crippen LogP contribution < -0.4 is 5.56 Å². The van der Waals surface area contributed by atoms with E-state index in [0.717, 1.165) is 28.8 Å². The maximum atomic E-state index is 11.7. The number of hydrogen-bond acceptors (Lipinski definition) is 2. The van der Waals surface area contributed by atoms with Crippen LogP contribution >= 0.6 is 15.9 Å². The van der Waals surface area contributed by atoms with E-state index in [-0.39, 0.29) is 5.56 Å². The zero-order valence-corrected chi connectivity index (χ0v) is 12.1. The maximum absolute atomic E-state index is 11.7. The highest BCUT2D eigenvalue weighted by Crippen LogP contribution is 2.22. The van der Waals surface area contributed by atoms with E-state index < -0.39 is 0 Å². The van der Waals surface area contributed by atoms with Gasteiger partial charge in [-0.3, -0.25) is 9.48 Å². The lowest BCUT2D eigenvalue weighted by molar-refractivity contribution is 0.588. The molecule has 0 saturated heterocycles. The van der Waals surface area contributed by atoms with Crippen LogP contribution in [0.4, 0.5) is 0 Å². The number of aryl methyl sites for hydroxylation is 2. The quantitative estimate of drug-likeness (QED) is 0.870. The van der Waals surface area contributed by atoms with Gasteiger partial charge in [0.05, 0.1) is 22.4 Å². The SMILES string of the molecule is CCc1nn(CC)c(Cn2ccccc2=O)c1Br. The molecule has 0 bridgehead atoms. The minimum absolute atomic E-state index is 0.00583. The van der Waals surface area contributed by atoms with Crippen molar-refractivity contribution in [3.63, 3.8) is 0 Å². The monoisotopic (exact) mass is 309 g/mol. The van der Waals surface area contributed by atoms with Crippen molar-refractivity contribution in [3.8, 4) is 0 Å². The van der Waals surface area contributed by atoms with Gasteiger partial charge in [0.1, 0.15) is 0 Å². The minimum Gasteiger partial charge on any atom is -0.310 e. The van der Waals surface area contributed by atoms with Crippen molar-refractivity contribution >= 4 is 15.9 Å². The summed E-state index contributed by atoms with van der Waals surface area (Å²) < 4.78 is 4.65. The summed E-state index contributed by atoms with van der Waals surface area (Å²) in [6.07, 6.45) is 2.68. The molecule has 0 aliphatic carbocycles. The molecule has 0 aromatic carbocycles. The topological polar surface area (TPSA) is 39.8 Å². The summed E-state index contributed by atoms with van der Waals surface area (Å²) in [5.74, 6) is 0. The number of hydrogen-bond donors (Lipinski definition) is 0. The molecule has 0 aliphatic rings. The van der Waals surface area contributed by atoms with Crippen LogP contribution in [0.2, 0.25) is 0 Å². The summed E-state index contributed by atoms with van der Waals surface area (Å²) in [6.45, 7) is 5.47. The van der Waals surface area contributed by atoms with E-state index in [1.165, 1.54) is 0 Å². The fraction of sp³-hybridized carbons (Fsp3) is 0.385. The average molecular weight is 310 g/mol. The van der Waals surface area contributed by atoms with Crippen molar-refractivity contribution in [1.82, 2.24) is 14.3 Å². The highest BCUT2D eigenvalue weighted by molar-refractivity contribution is 9.10. The van der Waals surface area contributed by atoms with Gasteiger partial charge in [-0.25, -0.2) is 0 Å². The van der Waals surface area contributed by atoms with E-state index in [0.29, 0.717) is 6.54 Å². The third kappa shape index (κ3) is 2.41. The lowest BCUT2D eigenvalue weighted by Gasteiger charge is -2.07. The second-order valence-corrected chi connectivity index (χ2v) is 4.84. The molecule has 96 valence electrons. The third-order valence-corrected chi connectivity index (χ3v) is 3.83. The number of pyridine rings is 1. The smallest absolute Gasteiger partial charge is 0.250 e. The summed E-state index contributed by atoms with van der Waals surface area (Å²) in [4.78, 5) is 11.7. The molecule has 2 rings (SSSR count). The van der Waals surface area contributed by atoms with Crippen molar-refractivity contribution in [1.29, 1.82) is 0 Å². The van der Waals surface area contributed by atoms with Gasteiger partial charge in [0.2, 0.25) is 0 Å². The molecule has 0 atom stereocenters. The van der Waals surface area contributed by atoms with Gasteiger partial charge in [0.15, 0.2) is 0 Å². The molecule has 5 heteroatoms. The van der Waals surface area contributed by atoms with Crippen LogP contribution in [0, 0.1) is 0 Å². The molecule has 4 nitrogen and oxygen atoms in total. The van der Waals surface area contributed by atoms with Crippen LogP contribution in [0.1, 0.15) is 25.2 Å². The Kier molecular flexibility index (Phi) is 4.01. The van der Waals surface area contributed by atoms with E-state index in [1.54, 1.807) is 22.9 Å². The molecule has 2 heterocycles. The largest absolute Gasteiger partial charge is 0.310 e. The van der Waals surface area contributed by atoms with Crippen LogP contribution in [-0.2, 0) is 19.5 Å². The summed E-state index contributed by atoms with van der Waals surface area (Å²) in [6, 6.07) is 5.19. The van der Waals surface area contributed by atoms with Gasteiger partial charge in [-0.1, -0.05) is 13.0 Å². The summed E-state index contributed by atoms with van der Waals surface area (Å²) in [5.41, 5.74) is 2.09. The first-order valence-electron chi connectivity index (χ1n) is 6.06. The molecule has 0 radical (unpaired) electrons. The van der Waals surface area contributed by atoms with Crippen molar-refractivity contribution < 1.29 is 0 Å². The van der Waals surface area contributed by atoms with E-state index in [4.69, 9.17) is 0 Å². The van der Waals surface area contributed by atoms with E-state index in [1.807, 2.05) is 10.7 Å². The van der Waals surface area contributed by atoms with Gasteiger partial charge in [-0.2, -0.15) is 5.10 Å². The third-order valence-electron chi connectivity index (χ3n) is 2.91. The van der Waals surface area contributed by atoms with Crippen molar-refractivity contribution in [2.75, 3.05) is 0 Å². The lowest BCUT2D eigenvalue weighted by Crippen LogP contribution is -2.20. The second-order valence-electron chi connectivity index (χ2n) is 4.04. The Hall–Kier alpha value is -1.36. The fourth-order valence-electron chi connectivity index (χ4n) is 1.92. The van der Waals surface area contributed by atoms with Crippen molar-refractivity contribution in [2.45, 2.75) is 33.4 Å². The first-order chi connectivity index (χ1) is 8.67. The highest BCUT2D eigenvalue weighted by Gasteiger charge is 2.14. The van der Waals surface area contributed by atoms with Crippen LogP contribution in [0.25, 0.3) is 0 Å². The molecule has 18 heavy (non-hydrogen) atoms. The van der Waals surface area contributed by atoms with Gasteiger partial charge in [-0.15, -0.1) is 0 Å². The maximum Gasteiger partial charge on any atom is 0.250 e. The Bertz CT molecular complexity index is 601. The zero-order chi connectivity index (χ0) is 13.1. The molecular weight excluding hydrogens is 294 g/mol. The van der Waals surface area contributed by atoms with Gasteiger partial charge in [0, 0.05) is 18.8 Å². The number of aromatic nitrogens is 3. The highest BCUT2D eigenvalue weighted by atomic mass is 79.9. The first-order valence-corrected chi connectivity index (χ1v) is 6.86. The Morgan fingerprint density at radius 1 is 1.33 bits per heavy atom. The van der Waals surface area contributed by atoms with Crippen LogP contribution in [0.5, 0.6) is 0 Å². The molecular formula is C13H16BrN3O. The average Bonchev–Trinajstić information content (AvgIpc) is 2.69. The molecule has 0 N–H and O–H groups in total. The molecule has 0 unspecified atom stereocenters. The standard InChI is InChI=1S/C13H16BrN3O/c1-3-10-13(14)11(17(4-2)15-10)9-16-8-6-5-7-12(16)18/h5-8H,3-4,9H2,1-2H3. The molecule has 0 amide bonds. The Morgan fingerprint density at radius 3 is 2.72 bits per heavy atom. The van der Waals surface area contributed by atoms with E-state index >= 15 is 0 Å². The van der Waals surface area contributed by atoms with Gasteiger partial charge < -0.3 is 4.57 Å². The predicted molar refractivity (Wildman–Crippen MR) is 74.8 cm³/mol. The molecule has 0 fully saturated rings. The van der Waals surface area contributed by atoms with Crippen molar-refractivity contribution in [3.05, 3.63) is 50.6 Å². The van der Waals surface area contributed by atoms with Crippen LogP contribution in [0.3, 0.4) is 0 Å². The van der Waals surface area contributed by atoms with Crippen molar-refractivity contribution in [2.24, 2.45) is 0 Å².